The molecule has 1 rings (SSSR count). The Hall–Kier alpha value is -0.610. The van der Waals surface area contributed by atoms with E-state index < -0.39 is 11.7 Å². The van der Waals surface area contributed by atoms with Gasteiger partial charge in [0.15, 0.2) is 0 Å². The van der Waals surface area contributed by atoms with Crippen LogP contribution in [0.15, 0.2) is 24.3 Å². The first-order chi connectivity index (χ1) is 6.54. The lowest BCUT2D eigenvalue weighted by Gasteiger charge is -2.09. The smallest absolute Gasteiger partial charge is 0.384 e. The van der Waals surface area contributed by atoms with E-state index in [0.29, 0.717) is 18.1 Å². The molecule has 1 nitrogen and oxygen atoms in total. The van der Waals surface area contributed by atoms with Crippen LogP contribution < -0.4 is 5.32 Å². The Morgan fingerprint density at radius 1 is 1.27 bits per heavy atom. The lowest BCUT2D eigenvalue weighted by Crippen LogP contribution is -2.07. The zero-order valence-electron chi connectivity index (χ0n) is 7.64. The summed E-state index contributed by atoms with van der Waals surface area (Å²) in [5, 5.41) is 2.77. The topological polar surface area (TPSA) is 12.0 Å². The predicted molar refractivity (Wildman–Crippen MR) is 57.9 cm³/mol. The van der Waals surface area contributed by atoms with Gasteiger partial charge in [-0.3, -0.25) is 0 Å². The number of benzene rings is 1. The summed E-state index contributed by atoms with van der Waals surface area (Å²) < 4.78 is 36.7. The normalized spacial score (nSPS) is 10.7. The SMILES string of the molecule is Cl.FC(F)(F)c1cccc(NCCCl)c1. The number of rotatable bonds is 3. The lowest BCUT2D eigenvalue weighted by molar-refractivity contribution is -0.137. The lowest BCUT2D eigenvalue weighted by atomic mass is 10.2. The quantitative estimate of drug-likeness (QED) is 0.815. The molecular formula is C9H10Cl2F3N. The van der Waals surface area contributed by atoms with E-state index in [1.54, 1.807) is 6.07 Å². The van der Waals surface area contributed by atoms with Gasteiger partial charge in [-0.15, -0.1) is 24.0 Å². The summed E-state index contributed by atoms with van der Waals surface area (Å²) in [6.07, 6.45) is -4.29. The molecule has 86 valence electrons. The maximum atomic E-state index is 12.2. The van der Waals surface area contributed by atoms with E-state index >= 15 is 0 Å². The molecule has 0 atom stereocenters. The Labute approximate surface area is 97.0 Å². The van der Waals surface area contributed by atoms with E-state index in [1.807, 2.05) is 0 Å². The summed E-state index contributed by atoms with van der Waals surface area (Å²) >= 11 is 5.40. The highest BCUT2D eigenvalue weighted by Crippen LogP contribution is 2.30. The Morgan fingerprint density at radius 3 is 2.47 bits per heavy atom. The fourth-order valence-electron chi connectivity index (χ4n) is 0.997. The minimum absolute atomic E-state index is 0. The van der Waals surface area contributed by atoms with Gasteiger partial charge in [0, 0.05) is 18.1 Å². The van der Waals surface area contributed by atoms with E-state index in [2.05, 4.69) is 5.32 Å². The zero-order valence-corrected chi connectivity index (χ0v) is 9.22. The van der Waals surface area contributed by atoms with Crippen LogP contribution >= 0.6 is 24.0 Å². The standard InChI is InChI=1S/C9H9ClF3N.ClH/c10-4-5-14-8-3-1-2-7(6-8)9(11,12)13;/h1-3,6,14H,4-5H2;1H. The van der Waals surface area contributed by atoms with Crippen LogP contribution in [0.25, 0.3) is 0 Å². The maximum absolute atomic E-state index is 12.2. The molecule has 1 N–H and O–H groups in total. The molecule has 0 saturated heterocycles. The van der Waals surface area contributed by atoms with Crippen LogP contribution in [0.2, 0.25) is 0 Å². The van der Waals surface area contributed by atoms with Crippen molar-refractivity contribution >= 4 is 29.7 Å². The summed E-state index contributed by atoms with van der Waals surface area (Å²) in [4.78, 5) is 0. The van der Waals surface area contributed by atoms with Crippen LogP contribution in [-0.4, -0.2) is 12.4 Å². The predicted octanol–water partition coefficient (Wildman–Crippen LogP) is 3.78. The Balaban J connectivity index is 0.00000196. The van der Waals surface area contributed by atoms with Crippen LogP contribution in [-0.2, 0) is 6.18 Å². The molecule has 1 aromatic carbocycles. The highest BCUT2D eigenvalue weighted by atomic mass is 35.5. The molecule has 0 radical (unpaired) electrons. The van der Waals surface area contributed by atoms with Crippen molar-refractivity contribution in [2.24, 2.45) is 0 Å². The third kappa shape index (κ3) is 4.62. The average molecular weight is 260 g/mol. The number of anilines is 1. The highest BCUT2D eigenvalue weighted by molar-refractivity contribution is 6.18. The highest BCUT2D eigenvalue weighted by Gasteiger charge is 2.30. The molecule has 0 fully saturated rings. The van der Waals surface area contributed by atoms with Crippen LogP contribution in [0.3, 0.4) is 0 Å². The van der Waals surface area contributed by atoms with Crippen LogP contribution in [0.4, 0.5) is 18.9 Å². The second-order valence-electron chi connectivity index (χ2n) is 2.69. The molecule has 6 heteroatoms. The molecule has 15 heavy (non-hydrogen) atoms. The van der Waals surface area contributed by atoms with Gasteiger partial charge in [0.25, 0.3) is 0 Å². The van der Waals surface area contributed by atoms with E-state index in [9.17, 15) is 13.2 Å². The molecule has 0 spiro atoms. The van der Waals surface area contributed by atoms with Crippen LogP contribution in [0.1, 0.15) is 5.56 Å². The number of hydrogen-bond donors (Lipinski definition) is 1. The van der Waals surface area contributed by atoms with Crippen molar-refractivity contribution in [3.8, 4) is 0 Å². The minimum atomic E-state index is -4.29. The summed E-state index contributed by atoms with van der Waals surface area (Å²) in [6, 6.07) is 5.03. The molecular weight excluding hydrogens is 250 g/mol. The summed E-state index contributed by atoms with van der Waals surface area (Å²) in [6.45, 7) is 0.447. The molecule has 0 unspecified atom stereocenters. The first-order valence-electron chi connectivity index (χ1n) is 4.01. The molecule has 1 aromatic rings. The van der Waals surface area contributed by atoms with Gasteiger partial charge in [-0.25, -0.2) is 0 Å². The van der Waals surface area contributed by atoms with Gasteiger partial charge in [-0.1, -0.05) is 6.07 Å². The minimum Gasteiger partial charge on any atom is -0.384 e. The first kappa shape index (κ1) is 14.4. The van der Waals surface area contributed by atoms with Crippen molar-refractivity contribution in [3.63, 3.8) is 0 Å². The molecule has 0 aliphatic heterocycles. The van der Waals surface area contributed by atoms with Gasteiger partial charge in [-0.05, 0) is 18.2 Å². The first-order valence-corrected chi connectivity index (χ1v) is 4.54. The Bertz CT molecular complexity index is 302. The van der Waals surface area contributed by atoms with Crippen LogP contribution in [0, 0.1) is 0 Å². The summed E-state index contributed by atoms with van der Waals surface area (Å²) in [5.41, 5.74) is -0.224. The zero-order chi connectivity index (χ0) is 10.6. The molecule has 0 heterocycles. The summed E-state index contributed by atoms with van der Waals surface area (Å²) in [5.74, 6) is 0.357. The van der Waals surface area contributed by atoms with Gasteiger partial charge >= 0.3 is 6.18 Å². The second kappa shape index (κ2) is 6.08. The fraction of sp³-hybridized carbons (Fsp3) is 0.333. The van der Waals surface area contributed by atoms with Gasteiger partial charge in [0.1, 0.15) is 0 Å². The van der Waals surface area contributed by atoms with Gasteiger partial charge in [0.05, 0.1) is 5.56 Å². The number of alkyl halides is 4. The molecule has 0 aromatic heterocycles. The third-order valence-corrected chi connectivity index (χ3v) is 1.80. The number of hydrogen-bond acceptors (Lipinski definition) is 1. The second-order valence-corrected chi connectivity index (χ2v) is 3.07. The van der Waals surface area contributed by atoms with Gasteiger partial charge in [-0.2, -0.15) is 13.2 Å². The molecule has 0 amide bonds. The van der Waals surface area contributed by atoms with E-state index in [4.69, 9.17) is 11.6 Å². The Morgan fingerprint density at radius 2 is 1.93 bits per heavy atom. The monoisotopic (exact) mass is 259 g/mol. The fourth-order valence-corrected chi connectivity index (χ4v) is 1.09. The molecule has 0 saturated carbocycles. The maximum Gasteiger partial charge on any atom is 0.416 e. The van der Waals surface area contributed by atoms with Crippen molar-refractivity contribution in [2.45, 2.75) is 6.18 Å². The van der Waals surface area contributed by atoms with E-state index in [0.717, 1.165) is 12.1 Å². The van der Waals surface area contributed by atoms with E-state index in [1.165, 1.54) is 6.07 Å². The largest absolute Gasteiger partial charge is 0.416 e. The molecule has 0 bridgehead atoms. The van der Waals surface area contributed by atoms with Crippen molar-refractivity contribution in [1.82, 2.24) is 0 Å². The van der Waals surface area contributed by atoms with Crippen molar-refractivity contribution < 1.29 is 13.2 Å². The average Bonchev–Trinajstić information content (AvgIpc) is 2.14. The van der Waals surface area contributed by atoms with E-state index in [-0.39, 0.29) is 12.4 Å². The summed E-state index contributed by atoms with van der Waals surface area (Å²) in [7, 11) is 0. The van der Waals surface area contributed by atoms with Gasteiger partial charge in [0.2, 0.25) is 0 Å². The third-order valence-electron chi connectivity index (χ3n) is 1.61. The molecule has 0 aliphatic rings. The van der Waals surface area contributed by atoms with Crippen molar-refractivity contribution in [3.05, 3.63) is 29.8 Å². The van der Waals surface area contributed by atoms with Crippen LogP contribution in [0.5, 0.6) is 0 Å². The van der Waals surface area contributed by atoms with Crippen molar-refractivity contribution in [2.75, 3.05) is 17.7 Å². The molecule has 0 aliphatic carbocycles. The number of halogens is 5. The number of nitrogens with one attached hydrogen (secondary N) is 1. The Kier molecular flexibility index (Phi) is 5.83. The van der Waals surface area contributed by atoms with Crippen molar-refractivity contribution in [1.29, 1.82) is 0 Å². The van der Waals surface area contributed by atoms with Gasteiger partial charge < -0.3 is 5.32 Å².